The van der Waals surface area contributed by atoms with Gasteiger partial charge in [-0.05, 0) is 12.8 Å². The Morgan fingerprint density at radius 3 is 2.18 bits per heavy atom. The van der Waals surface area contributed by atoms with Crippen molar-refractivity contribution >= 4 is 11.6 Å². The number of fused-ring (bicyclic) bond motifs is 1. The molecule has 3 rings (SSSR count). The van der Waals surface area contributed by atoms with Gasteiger partial charge in [0.1, 0.15) is 0 Å². The number of benzene rings is 1. The number of Topliss-reactive ketones (excluding diaryl/α,β-unsaturated/α-hetero) is 2. The molecule has 3 heteroatoms. The van der Waals surface area contributed by atoms with Crippen LogP contribution in [0.2, 0.25) is 0 Å². The second-order valence-corrected chi connectivity index (χ2v) is 4.58. The molecule has 0 radical (unpaired) electrons. The quantitative estimate of drug-likeness (QED) is 0.588. The molecule has 0 heterocycles. The third-order valence-corrected chi connectivity index (χ3v) is 3.66. The number of allylic oxidation sites excluding steroid dienone is 1. The van der Waals surface area contributed by atoms with Gasteiger partial charge in [-0.2, -0.15) is 0 Å². The minimum absolute atomic E-state index is 0.347. The molecule has 2 aliphatic rings. The van der Waals surface area contributed by atoms with Crippen LogP contribution >= 0.6 is 0 Å². The van der Waals surface area contributed by atoms with Crippen LogP contribution in [0.15, 0.2) is 36.4 Å². The van der Waals surface area contributed by atoms with Crippen molar-refractivity contribution in [2.45, 2.75) is 18.4 Å². The van der Waals surface area contributed by atoms with Gasteiger partial charge in [0.25, 0.3) is 0 Å². The lowest BCUT2D eigenvalue weighted by Crippen LogP contribution is -2.47. The zero-order chi connectivity index (χ0) is 12.0. The van der Waals surface area contributed by atoms with Gasteiger partial charge in [-0.3, -0.25) is 9.59 Å². The number of hydrogen-bond acceptors (Lipinski definition) is 3. The summed E-state index contributed by atoms with van der Waals surface area (Å²) in [7, 11) is 0. The highest BCUT2D eigenvalue weighted by Gasteiger charge is 2.55. The molecular formula is C14H12O3. The van der Waals surface area contributed by atoms with Crippen molar-refractivity contribution in [3.63, 3.8) is 0 Å². The number of carbonyl (C=O) groups is 2. The molecule has 1 unspecified atom stereocenters. The normalized spacial score (nSPS) is 25.4. The Morgan fingerprint density at radius 1 is 1.12 bits per heavy atom. The van der Waals surface area contributed by atoms with Crippen molar-refractivity contribution in [2.75, 3.05) is 0 Å². The fourth-order valence-electron chi connectivity index (χ4n) is 2.71. The summed E-state index contributed by atoms with van der Waals surface area (Å²) < 4.78 is 0. The zero-order valence-corrected chi connectivity index (χ0v) is 9.22. The van der Waals surface area contributed by atoms with Gasteiger partial charge in [0, 0.05) is 17.0 Å². The first-order valence-corrected chi connectivity index (χ1v) is 5.73. The lowest BCUT2D eigenvalue weighted by molar-refractivity contribution is 0.0174. The molecule has 2 aliphatic carbocycles. The molecule has 1 atom stereocenters. The summed E-state index contributed by atoms with van der Waals surface area (Å²) in [5.74, 6) is -1.28. The Labute approximate surface area is 98.8 Å². The van der Waals surface area contributed by atoms with E-state index in [9.17, 15) is 14.7 Å². The largest absolute Gasteiger partial charge is 0.374 e. The Hall–Kier alpha value is -1.74. The minimum atomic E-state index is -1.86. The van der Waals surface area contributed by atoms with E-state index in [0.717, 1.165) is 6.42 Å². The van der Waals surface area contributed by atoms with E-state index < -0.39 is 17.2 Å². The summed E-state index contributed by atoms with van der Waals surface area (Å²) in [5.41, 5.74) is -1.17. The smallest absolute Gasteiger partial charge is 0.203 e. The van der Waals surface area contributed by atoms with E-state index in [0.29, 0.717) is 17.5 Å². The van der Waals surface area contributed by atoms with E-state index in [4.69, 9.17) is 0 Å². The van der Waals surface area contributed by atoms with Gasteiger partial charge < -0.3 is 5.11 Å². The van der Waals surface area contributed by atoms with Gasteiger partial charge in [0.05, 0.1) is 0 Å². The van der Waals surface area contributed by atoms with Gasteiger partial charge >= 0.3 is 0 Å². The minimum Gasteiger partial charge on any atom is -0.374 e. The number of rotatable bonds is 1. The van der Waals surface area contributed by atoms with Crippen molar-refractivity contribution in [2.24, 2.45) is 5.92 Å². The lowest BCUT2D eigenvalue weighted by atomic mass is 9.82. The molecule has 3 nitrogen and oxygen atoms in total. The summed E-state index contributed by atoms with van der Waals surface area (Å²) in [6.07, 6.45) is 5.15. The van der Waals surface area contributed by atoms with Crippen LogP contribution in [0.25, 0.3) is 0 Å². The summed E-state index contributed by atoms with van der Waals surface area (Å²) in [5, 5.41) is 10.5. The SMILES string of the molecule is O=C1c2ccccc2C(=O)C1(O)C1C=CCC1. The predicted molar refractivity (Wildman–Crippen MR) is 61.9 cm³/mol. The third-order valence-electron chi connectivity index (χ3n) is 3.66. The molecule has 0 bridgehead atoms. The summed E-state index contributed by atoms with van der Waals surface area (Å²) in [6.45, 7) is 0. The fourth-order valence-corrected chi connectivity index (χ4v) is 2.71. The predicted octanol–water partition coefficient (Wildman–Crippen LogP) is 1.76. The first-order chi connectivity index (χ1) is 8.15. The lowest BCUT2D eigenvalue weighted by Gasteiger charge is -2.24. The van der Waals surface area contributed by atoms with E-state index in [1.807, 2.05) is 6.08 Å². The van der Waals surface area contributed by atoms with Crippen LogP contribution in [0.3, 0.4) is 0 Å². The van der Waals surface area contributed by atoms with E-state index in [2.05, 4.69) is 0 Å². The molecular weight excluding hydrogens is 216 g/mol. The molecule has 86 valence electrons. The Kier molecular flexibility index (Phi) is 2.07. The molecule has 1 N–H and O–H groups in total. The van der Waals surface area contributed by atoms with Crippen molar-refractivity contribution in [3.8, 4) is 0 Å². The van der Waals surface area contributed by atoms with Crippen molar-refractivity contribution in [1.29, 1.82) is 0 Å². The van der Waals surface area contributed by atoms with Gasteiger partial charge in [0.15, 0.2) is 5.60 Å². The Morgan fingerprint density at radius 2 is 1.71 bits per heavy atom. The monoisotopic (exact) mass is 228 g/mol. The second kappa shape index (κ2) is 3.37. The van der Waals surface area contributed by atoms with Crippen LogP contribution in [0.4, 0.5) is 0 Å². The maximum absolute atomic E-state index is 12.2. The molecule has 0 amide bonds. The van der Waals surface area contributed by atoms with Crippen molar-refractivity contribution in [3.05, 3.63) is 47.5 Å². The van der Waals surface area contributed by atoms with Gasteiger partial charge in [0.2, 0.25) is 11.6 Å². The van der Waals surface area contributed by atoms with Crippen molar-refractivity contribution < 1.29 is 14.7 Å². The van der Waals surface area contributed by atoms with Crippen LogP contribution in [0.5, 0.6) is 0 Å². The average Bonchev–Trinajstić information content (AvgIpc) is 2.95. The maximum Gasteiger partial charge on any atom is 0.203 e. The van der Waals surface area contributed by atoms with E-state index in [1.54, 1.807) is 30.3 Å². The molecule has 1 aromatic carbocycles. The molecule has 0 aromatic heterocycles. The molecule has 1 aromatic rings. The first kappa shape index (κ1) is 10.4. The topological polar surface area (TPSA) is 54.4 Å². The number of aliphatic hydroxyl groups is 1. The summed E-state index contributed by atoms with van der Waals surface area (Å²) in [4.78, 5) is 24.4. The van der Waals surface area contributed by atoms with E-state index in [-0.39, 0.29) is 5.92 Å². The maximum atomic E-state index is 12.2. The third kappa shape index (κ3) is 1.20. The molecule has 17 heavy (non-hydrogen) atoms. The first-order valence-electron chi connectivity index (χ1n) is 5.73. The van der Waals surface area contributed by atoms with Crippen LogP contribution in [0.1, 0.15) is 33.6 Å². The molecule has 0 fully saturated rings. The number of ketones is 2. The highest BCUT2D eigenvalue weighted by Crippen LogP contribution is 2.39. The molecule has 0 spiro atoms. The molecule has 0 aliphatic heterocycles. The highest BCUT2D eigenvalue weighted by atomic mass is 16.3. The zero-order valence-electron chi connectivity index (χ0n) is 9.22. The van der Waals surface area contributed by atoms with Crippen LogP contribution in [-0.2, 0) is 0 Å². The van der Waals surface area contributed by atoms with E-state index in [1.165, 1.54) is 0 Å². The number of hydrogen-bond donors (Lipinski definition) is 1. The molecule has 0 saturated heterocycles. The second-order valence-electron chi connectivity index (χ2n) is 4.58. The van der Waals surface area contributed by atoms with E-state index >= 15 is 0 Å². The van der Waals surface area contributed by atoms with Crippen LogP contribution < -0.4 is 0 Å². The Bertz CT molecular complexity index is 507. The summed E-state index contributed by atoms with van der Waals surface area (Å²) >= 11 is 0. The molecule has 0 saturated carbocycles. The number of carbonyl (C=O) groups excluding carboxylic acids is 2. The fraction of sp³-hybridized carbons (Fsp3) is 0.286. The van der Waals surface area contributed by atoms with Gasteiger partial charge in [-0.25, -0.2) is 0 Å². The van der Waals surface area contributed by atoms with Crippen molar-refractivity contribution in [1.82, 2.24) is 0 Å². The standard InChI is InChI=1S/C14H12O3/c15-12-10-7-3-4-8-11(10)13(16)14(12,17)9-5-1-2-6-9/h1,3-5,7-9,17H,2,6H2. The van der Waals surface area contributed by atoms with Gasteiger partial charge in [-0.15, -0.1) is 0 Å². The summed E-state index contributed by atoms with van der Waals surface area (Å²) in [6, 6.07) is 6.62. The van der Waals surface area contributed by atoms with Crippen LogP contribution in [0, 0.1) is 5.92 Å². The highest BCUT2D eigenvalue weighted by molar-refractivity contribution is 6.32. The van der Waals surface area contributed by atoms with Gasteiger partial charge in [-0.1, -0.05) is 36.4 Å². The Balaban J connectivity index is 2.14. The average molecular weight is 228 g/mol. The van der Waals surface area contributed by atoms with Crippen LogP contribution in [-0.4, -0.2) is 22.3 Å².